The lowest BCUT2D eigenvalue weighted by Gasteiger charge is -2.16. The van der Waals surface area contributed by atoms with E-state index in [9.17, 15) is 9.59 Å². The van der Waals surface area contributed by atoms with Crippen LogP contribution in [0.1, 0.15) is 19.8 Å². The van der Waals surface area contributed by atoms with Crippen molar-refractivity contribution in [2.45, 2.75) is 25.8 Å². The first kappa shape index (κ1) is 14.3. The fourth-order valence-electron chi connectivity index (χ4n) is 2.15. The molecule has 0 aromatic heterocycles. The molecule has 1 aromatic rings. The van der Waals surface area contributed by atoms with E-state index in [1.165, 1.54) is 0 Å². The third-order valence-corrected chi connectivity index (χ3v) is 3.22. The molecule has 6 heteroatoms. The number of nitrogens with one attached hydrogen (secondary N) is 2. The summed E-state index contributed by atoms with van der Waals surface area (Å²) in [6, 6.07) is 6.60. The molecule has 0 radical (unpaired) electrons. The molecule has 1 saturated heterocycles. The molecule has 0 unspecified atom stereocenters. The average Bonchev–Trinajstić information content (AvgIpc) is 2.85. The maximum Gasteiger partial charge on any atom is 0.321 e. The number of anilines is 2. The van der Waals surface area contributed by atoms with Crippen molar-refractivity contribution in [2.24, 2.45) is 5.73 Å². The number of hydrogen-bond acceptors (Lipinski definition) is 3. The Balaban J connectivity index is 2.06. The molecule has 0 saturated carbocycles. The van der Waals surface area contributed by atoms with Crippen molar-refractivity contribution < 1.29 is 9.59 Å². The van der Waals surface area contributed by atoms with Gasteiger partial charge in [-0.15, -0.1) is 0 Å². The first-order valence-corrected chi connectivity index (χ1v) is 6.83. The van der Waals surface area contributed by atoms with Crippen molar-refractivity contribution in [3.63, 3.8) is 0 Å². The molecule has 2 rings (SSSR count). The van der Waals surface area contributed by atoms with E-state index in [2.05, 4.69) is 10.6 Å². The van der Waals surface area contributed by atoms with Crippen molar-refractivity contribution in [2.75, 3.05) is 23.3 Å². The van der Waals surface area contributed by atoms with E-state index >= 15 is 0 Å². The van der Waals surface area contributed by atoms with Crippen LogP contribution in [0.25, 0.3) is 0 Å². The molecule has 108 valence electrons. The SMILES string of the molecule is CCC[C@H](N)C(=O)Nc1cccc(N2CCNC2=O)c1. The van der Waals surface area contributed by atoms with E-state index < -0.39 is 6.04 Å². The maximum absolute atomic E-state index is 11.9. The van der Waals surface area contributed by atoms with Gasteiger partial charge in [0.05, 0.1) is 6.04 Å². The number of amides is 3. The van der Waals surface area contributed by atoms with Crippen LogP contribution in [-0.4, -0.2) is 31.1 Å². The molecular weight excluding hydrogens is 256 g/mol. The molecule has 1 heterocycles. The van der Waals surface area contributed by atoms with Crippen LogP contribution in [0.3, 0.4) is 0 Å². The molecule has 3 amide bonds. The summed E-state index contributed by atoms with van der Waals surface area (Å²) in [5.74, 6) is -0.199. The number of benzene rings is 1. The zero-order valence-electron chi connectivity index (χ0n) is 11.6. The molecule has 1 fully saturated rings. The highest BCUT2D eigenvalue weighted by Gasteiger charge is 2.21. The first-order chi connectivity index (χ1) is 9.61. The summed E-state index contributed by atoms with van der Waals surface area (Å²) in [5.41, 5.74) is 7.19. The predicted octanol–water partition coefficient (Wildman–Crippen LogP) is 1.28. The van der Waals surface area contributed by atoms with Crippen molar-refractivity contribution in [1.29, 1.82) is 0 Å². The Bertz CT molecular complexity index is 504. The van der Waals surface area contributed by atoms with Gasteiger partial charge >= 0.3 is 6.03 Å². The number of hydrogen-bond donors (Lipinski definition) is 3. The maximum atomic E-state index is 11.9. The fraction of sp³-hybridized carbons (Fsp3) is 0.429. The Morgan fingerprint density at radius 2 is 2.35 bits per heavy atom. The molecular formula is C14H20N4O2. The standard InChI is InChI=1S/C14H20N4O2/c1-2-4-12(15)13(19)17-10-5-3-6-11(9-10)18-8-7-16-14(18)20/h3,5-6,9,12H,2,4,7-8,15H2,1H3,(H,16,20)(H,17,19)/t12-/m0/s1. The lowest BCUT2D eigenvalue weighted by molar-refractivity contribution is -0.117. The second kappa shape index (κ2) is 6.38. The summed E-state index contributed by atoms with van der Waals surface area (Å²) in [5, 5.41) is 5.53. The Morgan fingerprint density at radius 3 is 3.00 bits per heavy atom. The van der Waals surface area contributed by atoms with Gasteiger partial charge in [-0.1, -0.05) is 19.4 Å². The van der Waals surface area contributed by atoms with Gasteiger partial charge in [0.2, 0.25) is 5.91 Å². The van der Waals surface area contributed by atoms with Gasteiger partial charge in [-0.2, -0.15) is 0 Å². The zero-order chi connectivity index (χ0) is 14.5. The summed E-state index contributed by atoms with van der Waals surface area (Å²) in [6.07, 6.45) is 1.52. The van der Waals surface area contributed by atoms with Crippen molar-refractivity contribution in [1.82, 2.24) is 5.32 Å². The number of carbonyl (C=O) groups excluding carboxylic acids is 2. The molecule has 0 bridgehead atoms. The Hall–Kier alpha value is -2.08. The van der Waals surface area contributed by atoms with Gasteiger partial charge in [0, 0.05) is 24.5 Å². The topological polar surface area (TPSA) is 87.5 Å². The van der Waals surface area contributed by atoms with Gasteiger partial charge in [-0.25, -0.2) is 4.79 Å². The first-order valence-electron chi connectivity index (χ1n) is 6.83. The quantitative estimate of drug-likeness (QED) is 0.757. The minimum atomic E-state index is -0.501. The normalized spacial score (nSPS) is 15.9. The summed E-state index contributed by atoms with van der Waals surface area (Å²) in [4.78, 5) is 25.1. The molecule has 1 aliphatic heterocycles. The summed E-state index contributed by atoms with van der Waals surface area (Å²) >= 11 is 0. The highest BCUT2D eigenvalue weighted by molar-refractivity contribution is 5.97. The van der Waals surface area contributed by atoms with Crippen LogP contribution < -0.4 is 21.3 Å². The molecule has 1 aliphatic rings. The summed E-state index contributed by atoms with van der Waals surface area (Å²) in [6.45, 7) is 3.25. The zero-order valence-corrected chi connectivity index (χ0v) is 11.6. The monoisotopic (exact) mass is 276 g/mol. The van der Waals surface area contributed by atoms with E-state index in [4.69, 9.17) is 5.73 Å². The fourth-order valence-corrected chi connectivity index (χ4v) is 2.15. The number of nitrogens with zero attached hydrogens (tertiary/aromatic N) is 1. The van der Waals surface area contributed by atoms with Crippen LogP contribution in [0.4, 0.5) is 16.2 Å². The molecule has 0 aliphatic carbocycles. The lowest BCUT2D eigenvalue weighted by atomic mass is 10.1. The molecule has 0 spiro atoms. The Kier molecular flexibility index (Phi) is 4.57. The minimum Gasteiger partial charge on any atom is -0.336 e. The second-order valence-electron chi connectivity index (χ2n) is 4.82. The van der Waals surface area contributed by atoms with E-state index in [-0.39, 0.29) is 11.9 Å². The molecule has 20 heavy (non-hydrogen) atoms. The van der Waals surface area contributed by atoms with Crippen LogP contribution in [0.15, 0.2) is 24.3 Å². The average molecular weight is 276 g/mol. The Labute approximate surface area is 118 Å². The van der Waals surface area contributed by atoms with Crippen LogP contribution in [0, 0.1) is 0 Å². The summed E-state index contributed by atoms with van der Waals surface area (Å²) < 4.78 is 0. The van der Waals surface area contributed by atoms with E-state index in [1.807, 2.05) is 19.1 Å². The van der Waals surface area contributed by atoms with Crippen LogP contribution in [0.2, 0.25) is 0 Å². The predicted molar refractivity (Wildman–Crippen MR) is 78.7 cm³/mol. The van der Waals surface area contributed by atoms with E-state index in [0.29, 0.717) is 25.2 Å². The van der Waals surface area contributed by atoms with E-state index in [0.717, 1.165) is 12.1 Å². The van der Waals surface area contributed by atoms with Gasteiger partial charge in [0.15, 0.2) is 0 Å². The molecule has 1 aromatic carbocycles. The Morgan fingerprint density at radius 1 is 1.55 bits per heavy atom. The number of carbonyl (C=O) groups is 2. The molecule has 1 atom stereocenters. The van der Waals surface area contributed by atoms with Gasteiger partial charge in [0.1, 0.15) is 0 Å². The lowest BCUT2D eigenvalue weighted by Crippen LogP contribution is -2.35. The summed E-state index contributed by atoms with van der Waals surface area (Å²) in [7, 11) is 0. The minimum absolute atomic E-state index is 0.115. The number of nitrogens with two attached hydrogens (primary N) is 1. The van der Waals surface area contributed by atoms with Crippen LogP contribution in [-0.2, 0) is 4.79 Å². The van der Waals surface area contributed by atoms with Crippen LogP contribution in [0.5, 0.6) is 0 Å². The molecule has 4 N–H and O–H groups in total. The van der Waals surface area contributed by atoms with Crippen LogP contribution >= 0.6 is 0 Å². The largest absolute Gasteiger partial charge is 0.336 e. The van der Waals surface area contributed by atoms with E-state index in [1.54, 1.807) is 17.0 Å². The van der Waals surface area contributed by atoms with Crippen molar-refractivity contribution in [3.8, 4) is 0 Å². The smallest absolute Gasteiger partial charge is 0.321 e. The third kappa shape index (κ3) is 3.27. The van der Waals surface area contributed by atoms with Crippen molar-refractivity contribution in [3.05, 3.63) is 24.3 Å². The van der Waals surface area contributed by atoms with Gasteiger partial charge in [-0.05, 0) is 24.6 Å². The van der Waals surface area contributed by atoms with Gasteiger partial charge in [-0.3, -0.25) is 9.69 Å². The third-order valence-electron chi connectivity index (χ3n) is 3.22. The van der Waals surface area contributed by atoms with Crippen molar-refractivity contribution >= 4 is 23.3 Å². The number of rotatable bonds is 5. The van der Waals surface area contributed by atoms with Gasteiger partial charge < -0.3 is 16.4 Å². The highest BCUT2D eigenvalue weighted by atomic mass is 16.2. The van der Waals surface area contributed by atoms with Gasteiger partial charge in [0.25, 0.3) is 0 Å². The highest BCUT2D eigenvalue weighted by Crippen LogP contribution is 2.21. The number of urea groups is 1. The molecule has 6 nitrogen and oxygen atoms in total. The second-order valence-corrected chi connectivity index (χ2v) is 4.82.